The minimum absolute atomic E-state index is 0.545. The zero-order valence-corrected chi connectivity index (χ0v) is 18.2. The van der Waals surface area contributed by atoms with E-state index < -0.39 is 11.8 Å². The quantitative estimate of drug-likeness (QED) is 0.665. The molecule has 1 aliphatic heterocycles. The van der Waals surface area contributed by atoms with Gasteiger partial charge in [-0.25, -0.2) is 14.8 Å². The van der Waals surface area contributed by atoms with E-state index in [0.717, 1.165) is 56.1 Å². The molecule has 0 aromatic carbocycles. The molecule has 0 amide bonds. The average Bonchev–Trinajstić information content (AvgIpc) is 2.69. The van der Waals surface area contributed by atoms with Crippen molar-refractivity contribution >= 4 is 6.16 Å². The summed E-state index contributed by atoms with van der Waals surface area (Å²) in [7, 11) is 2.11. The maximum absolute atomic E-state index is 11.8. The molecule has 0 aliphatic carbocycles. The van der Waals surface area contributed by atoms with Crippen LogP contribution in [-0.2, 0) is 16.1 Å². The van der Waals surface area contributed by atoms with Crippen LogP contribution in [0.25, 0.3) is 11.4 Å². The Morgan fingerprint density at radius 3 is 2.53 bits per heavy atom. The molecule has 2 aromatic heterocycles. The van der Waals surface area contributed by atoms with Crippen LogP contribution in [0, 0.1) is 5.92 Å². The van der Waals surface area contributed by atoms with Crippen molar-refractivity contribution in [3.63, 3.8) is 0 Å². The topological polar surface area (TPSA) is 80.7 Å². The van der Waals surface area contributed by atoms with Crippen LogP contribution in [-0.4, -0.2) is 63.4 Å². The van der Waals surface area contributed by atoms with E-state index in [1.807, 2.05) is 39.0 Å². The van der Waals surface area contributed by atoms with Crippen LogP contribution in [0.15, 0.2) is 36.8 Å². The third-order valence-electron chi connectivity index (χ3n) is 4.82. The van der Waals surface area contributed by atoms with E-state index in [1.165, 1.54) is 0 Å². The van der Waals surface area contributed by atoms with Crippen molar-refractivity contribution in [1.82, 2.24) is 24.9 Å². The zero-order chi connectivity index (χ0) is 21.6. The molecule has 3 heterocycles. The Kier molecular flexibility index (Phi) is 7.33. The van der Waals surface area contributed by atoms with Gasteiger partial charge in [0, 0.05) is 50.3 Å². The first kappa shape index (κ1) is 22.1. The second-order valence-electron chi connectivity index (χ2n) is 8.73. The summed E-state index contributed by atoms with van der Waals surface area (Å²) in [4.78, 5) is 32.5. The summed E-state index contributed by atoms with van der Waals surface area (Å²) in [6.07, 6.45) is 6.61. The molecular weight excluding hydrogens is 382 g/mol. The van der Waals surface area contributed by atoms with Crippen LogP contribution in [0.1, 0.15) is 39.3 Å². The predicted molar refractivity (Wildman–Crippen MR) is 113 cm³/mol. The first-order valence-corrected chi connectivity index (χ1v) is 10.4. The minimum Gasteiger partial charge on any atom is -0.427 e. The Bertz CT molecular complexity index is 817. The van der Waals surface area contributed by atoms with Crippen molar-refractivity contribution in [2.75, 3.05) is 26.7 Å². The van der Waals surface area contributed by atoms with Gasteiger partial charge in [-0.15, -0.1) is 5.06 Å². The maximum Gasteiger partial charge on any atom is 0.528 e. The standard InChI is InChI=1S/C22H31N5O3/c1-22(2,3)29-21(28)30-27-13-8-17(9-14-27)15-26(4)16-19-7-12-24-20(25-19)18-5-10-23-11-6-18/h5-7,10-12,17H,8-9,13-16H2,1-4H3. The Hall–Kier alpha value is -2.58. The largest absolute Gasteiger partial charge is 0.528 e. The smallest absolute Gasteiger partial charge is 0.427 e. The number of rotatable bonds is 6. The Morgan fingerprint density at radius 1 is 1.17 bits per heavy atom. The number of nitrogens with zero attached hydrogens (tertiary/aromatic N) is 5. The Morgan fingerprint density at radius 2 is 1.87 bits per heavy atom. The zero-order valence-electron chi connectivity index (χ0n) is 18.2. The highest BCUT2D eigenvalue weighted by molar-refractivity contribution is 5.60. The van der Waals surface area contributed by atoms with E-state index >= 15 is 0 Å². The fourth-order valence-electron chi connectivity index (χ4n) is 3.46. The van der Waals surface area contributed by atoms with Crippen LogP contribution in [0.2, 0.25) is 0 Å². The molecule has 0 saturated carbocycles. The molecular formula is C22H31N5O3. The third-order valence-corrected chi connectivity index (χ3v) is 4.82. The lowest BCUT2D eigenvalue weighted by molar-refractivity contribution is -0.156. The van der Waals surface area contributed by atoms with Gasteiger partial charge >= 0.3 is 6.16 Å². The number of hydrogen-bond acceptors (Lipinski definition) is 8. The number of hydrogen-bond donors (Lipinski definition) is 0. The van der Waals surface area contributed by atoms with Gasteiger partial charge in [0.25, 0.3) is 0 Å². The molecule has 162 valence electrons. The number of carbonyl (C=O) groups excluding carboxylic acids is 1. The fraction of sp³-hybridized carbons (Fsp3) is 0.545. The SMILES string of the molecule is CN(Cc1ccnc(-c2ccncc2)n1)CC1CCN(OC(=O)OC(C)(C)C)CC1. The maximum atomic E-state index is 11.8. The molecule has 0 bridgehead atoms. The van der Waals surface area contributed by atoms with Crippen LogP contribution in [0.4, 0.5) is 4.79 Å². The van der Waals surface area contributed by atoms with Gasteiger partial charge in [0.2, 0.25) is 0 Å². The normalized spacial score (nSPS) is 15.9. The fourth-order valence-corrected chi connectivity index (χ4v) is 3.46. The van der Waals surface area contributed by atoms with Gasteiger partial charge in [0.05, 0.1) is 5.69 Å². The summed E-state index contributed by atoms with van der Waals surface area (Å²) < 4.78 is 5.21. The number of pyridine rings is 1. The molecule has 0 unspecified atom stereocenters. The highest BCUT2D eigenvalue weighted by atomic mass is 16.8. The van der Waals surface area contributed by atoms with E-state index in [-0.39, 0.29) is 0 Å². The molecule has 8 nitrogen and oxygen atoms in total. The van der Waals surface area contributed by atoms with Gasteiger partial charge in [0.1, 0.15) is 5.60 Å². The predicted octanol–water partition coefficient (Wildman–Crippen LogP) is 3.55. The van der Waals surface area contributed by atoms with E-state index in [4.69, 9.17) is 9.57 Å². The number of carbonyl (C=O) groups is 1. The molecule has 0 spiro atoms. The highest BCUT2D eigenvalue weighted by Gasteiger charge is 2.25. The van der Waals surface area contributed by atoms with Gasteiger partial charge in [-0.3, -0.25) is 4.98 Å². The second kappa shape index (κ2) is 9.95. The molecule has 3 rings (SSSR count). The minimum atomic E-state index is -0.633. The van der Waals surface area contributed by atoms with Crippen molar-refractivity contribution in [3.05, 3.63) is 42.5 Å². The Labute approximate surface area is 178 Å². The summed E-state index contributed by atoms with van der Waals surface area (Å²) in [5.74, 6) is 1.27. The summed E-state index contributed by atoms with van der Waals surface area (Å²) in [5, 5.41) is 1.70. The van der Waals surface area contributed by atoms with Crippen LogP contribution < -0.4 is 0 Å². The summed E-state index contributed by atoms with van der Waals surface area (Å²) in [6, 6.07) is 5.78. The first-order chi connectivity index (χ1) is 14.3. The van der Waals surface area contributed by atoms with Crippen molar-refractivity contribution in [2.45, 2.75) is 45.8 Å². The first-order valence-electron chi connectivity index (χ1n) is 10.4. The highest BCUT2D eigenvalue weighted by Crippen LogP contribution is 2.20. The summed E-state index contributed by atoms with van der Waals surface area (Å²) >= 11 is 0. The van der Waals surface area contributed by atoms with Crippen molar-refractivity contribution < 1.29 is 14.4 Å². The van der Waals surface area contributed by atoms with Crippen molar-refractivity contribution in [1.29, 1.82) is 0 Å². The van der Waals surface area contributed by atoms with E-state index in [0.29, 0.717) is 5.92 Å². The lowest BCUT2D eigenvalue weighted by Crippen LogP contribution is -2.40. The molecule has 0 N–H and O–H groups in total. The lowest BCUT2D eigenvalue weighted by Gasteiger charge is -2.32. The van der Waals surface area contributed by atoms with Crippen molar-refractivity contribution in [3.8, 4) is 11.4 Å². The van der Waals surface area contributed by atoms with E-state index in [9.17, 15) is 4.79 Å². The third kappa shape index (κ3) is 7.03. The number of piperidine rings is 1. The van der Waals surface area contributed by atoms with E-state index in [1.54, 1.807) is 23.7 Å². The van der Waals surface area contributed by atoms with Gasteiger partial charge in [-0.2, -0.15) is 0 Å². The monoisotopic (exact) mass is 413 g/mol. The van der Waals surface area contributed by atoms with Crippen LogP contribution in [0.5, 0.6) is 0 Å². The summed E-state index contributed by atoms with van der Waals surface area (Å²) in [6.45, 7) is 8.65. The van der Waals surface area contributed by atoms with Gasteiger partial charge in [-0.1, -0.05) is 0 Å². The van der Waals surface area contributed by atoms with Crippen molar-refractivity contribution in [2.24, 2.45) is 5.92 Å². The van der Waals surface area contributed by atoms with Gasteiger partial charge < -0.3 is 14.5 Å². The lowest BCUT2D eigenvalue weighted by atomic mass is 9.97. The molecule has 0 radical (unpaired) electrons. The molecule has 30 heavy (non-hydrogen) atoms. The van der Waals surface area contributed by atoms with Gasteiger partial charge in [0.15, 0.2) is 5.82 Å². The second-order valence-corrected chi connectivity index (χ2v) is 8.73. The number of hydroxylamine groups is 2. The molecule has 8 heteroatoms. The average molecular weight is 414 g/mol. The molecule has 0 atom stereocenters. The Balaban J connectivity index is 1.44. The summed E-state index contributed by atoms with van der Waals surface area (Å²) in [5.41, 5.74) is 1.41. The van der Waals surface area contributed by atoms with Gasteiger partial charge in [-0.05, 0) is 64.8 Å². The number of ether oxygens (including phenoxy) is 1. The van der Waals surface area contributed by atoms with E-state index in [2.05, 4.69) is 26.9 Å². The van der Waals surface area contributed by atoms with Crippen LogP contribution in [0.3, 0.4) is 0 Å². The molecule has 1 fully saturated rings. The molecule has 1 aliphatic rings. The molecule has 1 saturated heterocycles. The molecule has 2 aromatic rings. The number of aromatic nitrogens is 3. The van der Waals surface area contributed by atoms with Crippen LogP contribution >= 0.6 is 0 Å².